The number of hydrogen-bond donors (Lipinski definition) is 1. The van der Waals surface area contributed by atoms with Crippen molar-refractivity contribution in [1.29, 1.82) is 0 Å². The molecule has 2 fully saturated rings. The highest BCUT2D eigenvalue weighted by Gasteiger charge is 2.27. The van der Waals surface area contributed by atoms with Crippen LogP contribution in [-0.4, -0.2) is 67.2 Å². The molecular weight excluding hydrogens is 314 g/mol. The van der Waals surface area contributed by atoms with Gasteiger partial charge in [0, 0.05) is 32.2 Å². The second kappa shape index (κ2) is 9.32. The fourth-order valence-electron chi connectivity index (χ4n) is 3.64. The fraction of sp³-hybridized carbons (Fsp3) is 0.650. The molecule has 0 aromatic heterocycles. The van der Waals surface area contributed by atoms with Crippen molar-refractivity contribution < 1.29 is 9.53 Å². The van der Waals surface area contributed by atoms with Gasteiger partial charge in [-0.15, -0.1) is 0 Å². The zero-order valence-electron chi connectivity index (χ0n) is 15.3. The van der Waals surface area contributed by atoms with E-state index >= 15 is 0 Å². The molecule has 0 aliphatic carbocycles. The van der Waals surface area contributed by atoms with E-state index in [0.717, 1.165) is 26.1 Å². The van der Waals surface area contributed by atoms with E-state index in [4.69, 9.17) is 4.74 Å². The van der Waals surface area contributed by atoms with Gasteiger partial charge in [-0.3, -0.25) is 9.69 Å². The van der Waals surface area contributed by atoms with Crippen molar-refractivity contribution in [3.05, 3.63) is 35.9 Å². The Balaban J connectivity index is 1.41. The van der Waals surface area contributed by atoms with Gasteiger partial charge in [0.1, 0.15) is 6.10 Å². The number of ether oxygens (including phenoxy) is 1. The maximum absolute atomic E-state index is 12.5. The molecule has 5 heteroatoms. The minimum atomic E-state index is -0.355. The predicted octanol–water partition coefficient (Wildman–Crippen LogP) is 1.88. The van der Waals surface area contributed by atoms with Crippen LogP contribution in [0, 0.1) is 0 Å². The molecule has 0 unspecified atom stereocenters. The van der Waals surface area contributed by atoms with Crippen LogP contribution in [0.25, 0.3) is 0 Å². The molecule has 1 amide bonds. The number of morpholine rings is 1. The van der Waals surface area contributed by atoms with Gasteiger partial charge < -0.3 is 15.0 Å². The molecule has 0 spiro atoms. The summed E-state index contributed by atoms with van der Waals surface area (Å²) < 4.78 is 5.72. The van der Waals surface area contributed by atoms with E-state index in [0.29, 0.717) is 13.2 Å². The molecule has 3 rings (SSSR count). The summed E-state index contributed by atoms with van der Waals surface area (Å²) in [7, 11) is 0. The van der Waals surface area contributed by atoms with Gasteiger partial charge in [-0.1, -0.05) is 30.3 Å². The predicted molar refractivity (Wildman–Crippen MR) is 99.4 cm³/mol. The topological polar surface area (TPSA) is 44.8 Å². The van der Waals surface area contributed by atoms with Crippen LogP contribution in [0.1, 0.15) is 31.7 Å². The molecule has 1 N–H and O–H groups in total. The van der Waals surface area contributed by atoms with Gasteiger partial charge in [-0.05, 0) is 44.8 Å². The summed E-state index contributed by atoms with van der Waals surface area (Å²) in [6.07, 6.45) is 3.28. The van der Waals surface area contributed by atoms with Crippen LogP contribution < -0.4 is 5.32 Å². The van der Waals surface area contributed by atoms with Crippen molar-refractivity contribution in [2.24, 2.45) is 0 Å². The van der Waals surface area contributed by atoms with E-state index < -0.39 is 0 Å². The molecule has 2 saturated heterocycles. The quantitative estimate of drug-likeness (QED) is 0.820. The van der Waals surface area contributed by atoms with E-state index in [2.05, 4.69) is 46.3 Å². The van der Waals surface area contributed by atoms with E-state index in [1.165, 1.54) is 31.5 Å². The maximum atomic E-state index is 12.5. The molecule has 25 heavy (non-hydrogen) atoms. The average molecular weight is 345 g/mol. The lowest BCUT2D eigenvalue weighted by molar-refractivity contribution is -0.139. The van der Waals surface area contributed by atoms with Crippen molar-refractivity contribution in [2.75, 3.05) is 39.3 Å². The van der Waals surface area contributed by atoms with E-state index in [1.807, 2.05) is 6.07 Å². The van der Waals surface area contributed by atoms with Gasteiger partial charge in [-0.2, -0.15) is 0 Å². The largest absolute Gasteiger partial charge is 0.366 e. The average Bonchev–Trinajstić information content (AvgIpc) is 3.15. The zero-order chi connectivity index (χ0) is 17.5. The van der Waals surface area contributed by atoms with Crippen molar-refractivity contribution >= 4 is 5.91 Å². The summed E-state index contributed by atoms with van der Waals surface area (Å²) in [5.41, 5.74) is 1.28. The van der Waals surface area contributed by atoms with Gasteiger partial charge in [0.25, 0.3) is 5.91 Å². The van der Waals surface area contributed by atoms with Crippen molar-refractivity contribution in [1.82, 2.24) is 15.1 Å². The monoisotopic (exact) mass is 345 g/mol. The van der Waals surface area contributed by atoms with Crippen molar-refractivity contribution in [3.63, 3.8) is 0 Å². The third-order valence-corrected chi connectivity index (χ3v) is 5.16. The molecule has 2 heterocycles. The molecular formula is C20H31N3O2. The van der Waals surface area contributed by atoms with Crippen molar-refractivity contribution in [3.8, 4) is 0 Å². The summed E-state index contributed by atoms with van der Waals surface area (Å²) in [5.74, 6) is 0.0340. The minimum Gasteiger partial charge on any atom is -0.366 e. The second-order valence-electron chi connectivity index (χ2n) is 7.33. The van der Waals surface area contributed by atoms with Gasteiger partial charge in [0.2, 0.25) is 0 Å². The Hall–Kier alpha value is -1.43. The molecule has 2 atom stereocenters. The first-order valence-electron chi connectivity index (χ1n) is 9.61. The van der Waals surface area contributed by atoms with Crippen LogP contribution in [0.2, 0.25) is 0 Å². The van der Waals surface area contributed by atoms with E-state index in [1.54, 1.807) is 0 Å². The van der Waals surface area contributed by atoms with E-state index in [-0.39, 0.29) is 18.1 Å². The third-order valence-electron chi connectivity index (χ3n) is 5.16. The number of hydrogen-bond acceptors (Lipinski definition) is 4. The summed E-state index contributed by atoms with van der Waals surface area (Å²) in [6.45, 7) is 8.63. The Labute approximate surface area is 151 Å². The summed E-state index contributed by atoms with van der Waals surface area (Å²) in [6, 6.07) is 10.6. The maximum Gasteiger partial charge on any atom is 0.250 e. The minimum absolute atomic E-state index is 0.0340. The van der Waals surface area contributed by atoms with Crippen LogP contribution in [0.15, 0.2) is 30.3 Å². The molecule has 1 aromatic carbocycles. The number of nitrogens with zero attached hydrogens (tertiary/aromatic N) is 2. The number of amides is 1. The van der Waals surface area contributed by atoms with Crippen LogP contribution in [0.5, 0.6) is 0 Å². The Kier molecular flexibility index (Phi) is 6.84. The highest BCUT2D eigenvalue weighted by molar-refractivity contribution is 5.81. The highest BCUT2D eigenvalue weighted by atomic mass is 16.5. The molecule has 2 aliphatic heterocycles. The lowest BCUT2D eigenvalue weighted by Crippen LogP contribution is -2.51. The molecule has 1 aromatic rings. The van der Waals surface area contributed by atoms with Gasteiger partial charge >= 0.3 is 0 Å². The lowest BCUT2D eigenvalue weighted by Gasteiger charge is -2.32. The van der Waals surface area contributed by atoms with Gasteiger partial charge in [0.15, 0.2) is 0 Å². The number of carbonyl (C=O) groups is 1. The van der Waals surface area contributed by atoms with E-state index in [9.17, 15) is 4.79 Å². The third kappa shape index (κ3) is 5.80. The van der Waals surface area contributed by atoms with Crippen LogP contribution >= 0.6 is 0 Å². The number of carbonyl (C=O) groups excluding carboxylic acids is 1. The Morgan fingerprint density at radius 3 is 2.72 bits per heavy atom. The number of likely N-dealkylation sites (tertiary alicyclic amines) is 1. The summed E-state index contributed by atoms with van der Waals surface area (Å²) >= 11 is 0. The molecule has 0 bridgehead atoms. The first-order chi connectivity index (χ1) is 12.2. The van der Waals surface area contributed by atoms with Gasteiger partial charge in [-0.25, -0.2) is 0 Å². The lowest BCUT2D eigenvalue weighted by atomic mass is 10.1. The van der Waals surface area contributed by atoms with Gasteiger partial charge in [0.05, 0.1) is 6.61 Å². The SMILES string of the molecule is C[C@@H](CCN1CCCC1)NC(=O)[C@@H]1CN(Cc2ccccc2)CCO1. The Morgan fingerprint density at radius 1 is 1.20 bits per heavy atom. The summed E-state index contributed by atoms with van der Waals surface area (Å²) in [4.78, 5) is 17.3. The Bertz CT molecular complexity index is 531. The Morgan fingerprint density at radius 2 is 1.96 bits per heavy atom. The zero-order valence-corrected chi connectivity index (χ0v) is 15.3. The first-order valence-corrected chi connectivity index (χ1v) is 9.61. The fourth-order valence-corrected chi connectivity index (χ4v) is 3.64. The normalized spacial score (nSPS) is 23.5. The number of nitrogens with one attached hydrogen (secondary N) is 1. The highest BCUT2D eigenvalue weighted by Crippen LogP contribution is 2.12. The second-order valence-corrected chi connectivity index (χ2v) is 7.33. The van der Waals surface area contributed by atoms with Crippen LogP contribution in [-0.2, 0) is 16.1 Å². The smallest absolute Gasteiger partial charge is 0.250 e. The van der Waals surface area contributed by atoms with Crippen LogP contribution in [0.4, 0.5) is 0 Å². The molecule has 2 aliphatic rings. The molecule has 0 radical (unpaired) electrons. The number of rotatable bonds is 7. The van der Waals surface area contributed by atoms with Crippen molar-refractivity contribution in [2.45, 2.75) is 44.9 Å². The molecule has 0 saturated carbocycles. The molecule has 138 valence electrons. The standard InChI is InChI=1S/C20H31N3O2/c1-17(9-12-22-10-5-6-11-22)21-20(24)19-16-23(13-14-25-19)15-18-7-3-2-4-8-18/h2-4,7-8,17,19H,5-6,9-16H2,1H3,(H,21,24)/t17-,19-/m0/s1. The first kappa shape index (κ1) is 18.4. The number of benzene rings is 1. The molecule has 5 nitrogen and oxygen atoms in total. The summed E-state index contributed by atoms with van der Waals surface area (Å²) in [5, 5.41) is 3.14. The van der Waals surface area contributed by atoms with Crippen LogP contribution in [0.3, 0.4) is 0 Å².